The van der Waals surface area contributed by atoms with Crippen LogP contribution in [0.2, 0.25) is 0 Å². The predicted octanol–water partition coefficient (Wildman–Crippen LogP) is 2.92. The molecule has 90 valence electrons. The summed E-state index contributed by atoms with van der Waals surface area (Å²) in [7, 11) is 0. The van der Waals surface area contributed by atoms with Crippen molar-refractivity contribution in [3.63, 3.8) is 0 Å². The maximum atomic E-state index is 13.7. The zero-order chi connectivity index (χ0) is 12.4. The molecule has 5 heteroatoms. The van der Waals surface area contributed by atoms with Crippen LogP contribution in [-0.4, -0.2) is 16.5 Å². The average molecular weight is 235 g/mol. The van der Waals surface area contributed by atoms with Crippen molar-refractivity contribution in [3.05, 3.63) is 29.4 Å². The van der Waals surface area contributed by atoms with Gasteiger partial charge in [0.15, 0.2) is 23.2 Å². The topological polar surface area (TPSA) is 51.0 Å². The van der Waals surface area contributed by atoms with E-state index in [9.17, 15) is 4.39 Å². The lowest BCUT2D eigenvalue weighted by atomic mass is 10.3. The molecule has 2 aromatic heterocycles. The summed E-state index contributed by atoms with van der Waals surface area (Å²) in [5.41, 5.74) is 0.306. The van der Waals surface area contributed by atoms with Gasteiger partial charge in [-0.1, -0.05) is 0 Å². The Bertz CT molecular complexity index is 537. The van der Waals surface area contributed by atoms with Gasteiger partial charge in [-0.25, -0.2) is 14.4 Å². The zero-order valence-electron chi connectivity index (χ0n) is 10.0. The van der Waals surface area contributed by atoms with E-state index in [1.165, 1.54) is 0 Å². The monoisotopic (exact) mass is 235 g/mol. The summed E-state index contributed by atoms with van der Waals surface area (Å²) in [5, 5.41) is 2.87. The lowest BCUT2D eigenvalue weighted by molar-refractivity contribution is 0.541. The van der Waals surface area contributed by atoms with Crippen LogP contribution >= 0.6 is 0 Å². The SMILES string of the molecule is CCNc1nc(-c2ccc(C)o2)nc(C)c1F. The first-order chi connectivity index (χ1) is 8.11. The van der Waals surface area contributed by atoms with E-state index in [1.54, 1.807) is 13.0 Å². The van der Waals surface area contributed by atoms with Gasteiger partial charge in [-0.2, -0.15) is 0 Å². The fraction of sp³-hybridized carbons (Fsp3) is 0.333. The molecule has 2 heterocycles. The normalized spacial score (nSPS) is 10.6. The molecule has 0 saturated carbocycles. The fourth-order valence-corrected chi connectivity index (χ4v) is 1.51. The van der Waals surface area contributed by atoms with Gasteiger partial charge >= 0.3 is 0 Å². The third-order valence-electron chi connectivity index (χ3n) is 2.32. The number of hydrogen-bond donors (Lipinski definition) is 1. The van der Waals surface area contributed by atoms with Crippen molar-refractivity contribution in [2.75, 3.05) is 11.9 Å². The van der Waals surface area contributed by atoms with Crippen molar-refractivity contribution >= 4 is 5.82 Å². The largest absolute Gasteiger partial charge is 0.458 e. The van der Waals surface area contributed by atoms with Gasteiger partial charge in [-0.3, -0.25) is 0 Å². The molecule has 1 N–H and O–H groups in total. The minimum Gasteiger partial charge on any atom is -0.458 e. The molecular formula is C12H14FN3O. The summed E-state index contributed by atoms with van der Waals surface area (Å²) in [6, 6.07) is 3.60. The highest BCUT2D eigenvalue weighted by molar-refractivity contribution is 5.52. The first-order valence-corrected chi connectivity index (χ1v) is 5.46. The van der Waals surface area contributed by atoms with E-state index in [2.05, 4.69) is 15.3 Å². The summed E-state index contributed by atoms with van der Waals surface area (Å²) in [4.78, 5) is 8.19. The minimum absolute atomic E-state index is 0.212. The summed E-state index contributed by atoms with van der Waals surface area (Å²) in [6.45, 7) is 5.93. The number of aromatic nitrogens is 2. The quantitative estimate of drug-likeness (QED) is 0.888. The van der Waals surface area contributed by atoms with Crippen LogP contribution in [0.4, 0.5) is 10.2 Å². The number of nitrogens with one attached hydrogen (secondary N) is 1. The lowest BCUT2D eigenvalue weighted by Gasteiger charge is -2.07. The maximum Gasteiger partial charge on any atom is 0.198 e. The number of hydrogen-bond acceptors (Lipinski definition) is 4. The molecule has 0 fully saturated rings. The number of nitrogens with zero attached hydrogens (tertiary/aromatic N) is 2. The number of halogens is 1. The second-order valence-electron chi connectivity index (χ2n) is 3.74. The summed E-state index contributed by atoms with van der Waals surface area (Å²) in [6.07, 6.45) is 0. The fourth-order valence-electron chi connectivity index (χ4n) is 1.51. The Morgan fingerprint density at radius 2 is 2.06 bits per heavy atom. The Hall–Kier alpha value is -1.91. The number of aryl methyl sites for hydroxylation is 2. The second-order valence-corrected chi connectivity index (χ2v) is 3.74. The van der Waals surface area contributed by atoms with Gasteiger partial charge < -0.3 is 9.73 Å². The van der Waals surface area contributed by atoms with E-state index in [1.807, 2.05) is 19.9 Å². The third-order valence-corrected chi connectivity index (χ3v) is 2.32. The number of furan rings is 1. The van der Waals surface area contributed by atoms with Crippen LogP contribution in [0.5, 0.6) is 0 Å². The van der Waals surface area contributed by atoms with Crippen LogP contribution in [0, 0.1) is 19.7 Å². The molecule has 4 nitrogen and oxygen atoms in total. The molecule has 0 aliphatic rings. The van der Waals surface area contributed by atoms with Crippen molar-refractivity contribution in [1.82, 2.24) is 9.97 Å². The minimum atomic E-state index is -0.418. The summed E-state index contributed by atoms with van der Waals surface area (Å²) in [5.74, 6) is 1.51. The van der Waals surface area contributed by atoms with Crippen LogP contribution in [0.15, 0.2) is 16.5 Å². The molecule has 2 aromatic rings. The Kier molecular flexibility index (Phi) is 3.08. The van der Waals surface area contributed by atoms with Gasteiger partial charge in [0.2, 0.25) is 0 Å². The number of rotatable bonds is 3. The van der Waals surface area contributed by atoms with Crippen LogP contribution in [-0.2, 0) is 0 Å². The molecule has 0 unspecified atom stereocenters. The second kappa shape index (κ2) is 4.53. The highest BCUT2D eigenvalue weighted by Gasteiger charge is 2.13. The first-order valence-electron chi connectivity index (χ1n) is 5.46. The molecular weight excluding hydrogens is 221 g/mol. The maximum absolute atomic E-state index is 13.7. The molecule has 2 rings (SSSR count). The molecule has 0 aromatic carbocycles. The van der Waals surface area contributed by atoms with Crippen molar-refractivity contribution < 1.29 is 8.81 Å². The molecule has 0 bridgehead atoms. The molecule has 0 spiro atoms. The Labute approximate surface area is 98.9 Å². The molecule has 0 radical (unpaired) electrons. The van der Waals surface area contributed by atoms with E-state index in [0.29, 0.717) is 23.8 Å². The van der Waals surface area contributed by atoms with Crippen molar-refractivity contribution in [2.45, 2.75) is 20.8 Å². The van der Waals surface area contributed by atoms with E-state index >= 15 is 0 Å². The van der Waals surface area contributed by atoms with Gasteiger partial charge in [0, 0.05) is 6.54 Å². The van der Waals surface area contributed by atoms with Crippen LogP contribution < -0.4 is 5.32 Å². The van der Waals surface area contributed by atoms with Crippen LogP contribution in [0.3, 0.4) is 0 Å². The standard InChI is InChI=1S/C12H14FN3O/c1-4-14-12-10(13)8(3)15-11(16-12)9-6-5-7(2)17-9/h5-6H,4H2,1-3H3,(H,14,15,16). The van der Waals surface area contributed by atoms with Gasteiger partial charge in [-0.05, 0) is 32.9 Å². The summed E-state index contributed by atoms with van der Waals surface area (Å²) < 4.78 is 19.1. The van der Waals surface area contributed by atoms with Gasteiger partial charge in [0.1, 0.15) is 5.76 Å². The lowest BCUT2D eigenvalue weighted by Crippen LogP contribution is -2.06. The van der Waals surface area contributed by atoms with Gasteiger partial charge in [-0.15, -0.1) is 0 Å². The molecule has 0 saturated heterocycles. The van der Waals surface area contributed by atoms with Crippen molar-refractivity contribution in [2.24, 2.45) is 0 Å². The average Bonchev–Trinajstić information content (AvgIpc) is 2.71. The molecule has 17 heavy (non-hydrogen) atoms. The highest BCUT2D eigenvalue weighted by Crippen LogP contribution is 2.22. The Morgan fingerprint density at radius 1 is 1.29 bits per heavy atom. The zero-order valence-corrected chi connectivity index (χ0v) is 10.0. The molecule has 0 amide bonds. The van der Waals surface area contributed by atoms with Gasteiger partial charge in [0.25, 0.3) is 0 Å². The van der Waals surface area contributed by atoms with E-state index in [-0.39, 0.29) is 5.82 Å². The third kappa shape index (κ3) is 2.27. The molecule has 0 atom stereocenters. The first kappa shape index (κ1) is 11.6. The Morgan fingerprint density at radius 3 is 2.65 bits per heavy atom. The Balaban J connectivity index is 2.48. The van der Waals surface area contributed by atoms with Crippen molar-refractivity contribution in [3.8, 4) is 11.6 Å². The van der Waals surface area contributed by atoms with Crippen molar-refractivity contribution in [1.29, 1.82) is 0 Å². The van der Waals surface area contributed by atoms with Crippen LogP contribution in [0.1, 0.15) is 18.4 Å². The van der Waals surface area contributed by atoms with Gasteiger partial charge in [0.05, 0.1) is 5.69 Å². The van der Waals surface area contributed by atoms with E-state index in [4.69, 9.17) is 4.42 Å². The smallest absolute Gasteiger partial charge is 0.198 e. The summed E-state index contributed by atoms with van der Waals surface area (Å²) >= 11 is 0. The molecule has 0 aliphatic carbocycles. The van der Waals surface area contributed by atoms with E-state index in [0.717, 1.165) is 5.76 Å². The number of anilines is 1. The van der Waals surface area contributed by atoms with Crippen LogP contribution in [0.25, 0.3) is 11.6 Å². The predicted molar refractivity (Wildman–Crippen MR) is 63.3 cm³/mol. The molecule has 0 aliphatic heterocycles. The van der Waals surface area contributed by atoms with E-state index < -0.39 is 5.82 Å². The highest BCUT2D eigenvalue weighted by atomic mass is 19.1.